The number of aliphatic hydroxyl groups excluding tert-OH is 1. The van der Waals surface area contributed by atoms with Gasteiger partial charge in [0, 0.05) is 6.20 Å². The van der Waals surface area contributed by atoms with E-state index in [1.807, 2.05) is 49.4 Å². The van der Waals surface area contributed by atoms with E-state index in [4.69, 9.17) is 0 Å². The third-order valence-corrected chi connectivity index (χ3v) is 2.45. The van der Waals surface area contributed by atoms with E-state index in [1.54, 1.807) is 6.20 Å². The first-order chi connectivity index (χ1) is 7.29. The summed E-state index contributed by atoms with van der Waals surface area (Å²) < 4.78 is 0. The summed E-state index contributed by atoms with van der Waals surface area (Å²) >= 11 is 0. The van der Waals surface area contributed by atoms with Crippen molar-refractivity contribution in [1.29, 1.82) is 0 Å². The number of pyridine rings is 1. The highest BCUT2D eigenvalue weighted by Crippen LogP contribution is 2.22. The van der Waals surface area contributed by atoms with Gasteiger partial charge < -0.3 is 5.11 Å². The van der Waals surface area contributed by atoms with Crippen LogP contribution in [-0.4, -0.2) is 10.1 Å². The third-order valence-electron chi connectivity index (χ3n) is 2.45. The Kier molecular flexibility index (Phi) is 2.79. The van der Waals surface area contributed by atoms with Gasteiger partial charge in [0.25, 0.3) is 0 Å². The number of nitrogens with zero attached hydrogens (tertiary/aromatic N) is 1. The van der Waals surface area contributed by atoms with Gasteiger partial charge in [-0.3, -0.25) is 4.98 Å². The highest BCUT2D eigenvalue weighted by molar-refractivity contribution is 5.32. The van der Waals surface area contributed by atoms with Crippen LogP contribution in [0.1, 0.15) is 22.9 Å². The summed E-state index contributed by atoms with van der Waals surface area (Å²) in [6.45, 7) is 1.99. The van der Waals surface area contributed by atoms with E-state index >= 15 is 0 Å². The molecule has 0 aliphatic rings. The molecule has 0 bridgehead atoms. The van der Waals surface area contributed by atoms with Crippen molar-refractivity contribution in [3.05, 3.63) is 65.5 Å². The van der Waals surface area contributed by atoms with Gasteiger partial charge in [-0.1, -0.05) is 30.3 Å². The first kappa shape index (κ1) is 9.87. The molecule has 1 heterocycles. The molecule has 0 spiro atoms. The van der Waals surface area contributed by atoms with Crippen molar-refractivity contribution in [2.45, 2.75) is 13.0 Å². The second kappa shape index (κ2) is 4.24. The van der Waals surface area contributed by atoms with Gasteiger partial charge in [-0.05, 0) is 30.2 Å². The Morgan fingerprint density at radius 2 is 1.80 bits per heavy atom. The minimum atomic E-state index is -0.632. The van der Waals surface area contributed by atoms with Crippen LogP contribution in [0.3, 0.4) is 0 Å². The molecule has 2 rings (SSSR count). The SMILES string of the molecule is Cc1ccccc1[C@H](O)c1ccccn1. The molecule has 1 aromatic heterocycles. The second-order valence-corrected chi connectivity index (χ2v) is 3.51. The van der Waals surface area contributed by atoms with Crippen molar-refractivity contribution in [3.63, 3.8) is 0 Å². The molecule has 0 aliphatic carbocycles. The molecule has 0 radical (unpaired) electrons. The monoisotopic (exact) mass is 199 g/mol. The molecule has 1 atom stereocenters. The molecular weight excluding hydrogens is 186 g/mol. The molecule has 0 fully saturated rings. The van der Waals surface area contributed by atoms with E-state index in [-0.39, 0.29) is 0 Å². The van der Waals surface area contributed by atoms with Crippen LogP contribution in [-0.2, 0) is 0 Å². The lowest BCUT2D eigenvalue weighted by molar-refractivity contribution is 0.214. The summed E-state index contributed by atoms with van der Waals surface area (Å²) in [5.41, 5.74) is 2.68. The van der Waals surface area contributed by atoms with E-state index in [0.29, 0.717) is 5.69 Å². The highest BCUT2D eigenvalue weighted by atomic mass is 16.3. The van der Waals surface area contributed by atoms with Crippen molar-refractivity contribution in [2.75, 3.05) is 0 Å². The number of rotatable bonds is 2. The molecule has 2 aromatic rings. The van der Waals surface area contributed by atoms with Crippen molar-refractivity contribution < 1.29 is 5.11 Å². The van der Waals surface area contributed by atoms with Crippen LogP contribution in [0, 0.1) is 6.92 Å². The summed E-state index contributed by atoms with van der Waals surface area (Å²) in [5, 5.41) is 10.1. The van der Waals surface area contributed by atoms with Gasteiger partial charge >= 0.3 is 0 Å². The molecule has 0 unspecified atom stereocenters. The fourth-order valence-electron chi connectivity index (χ4n) is 1.59. The van der Waals surface area contributed by atoms with Crippen LogP contribution >= 0.6 is 0 Å². The summed E-state index contributed by atoms with van der Waals surface area (Å²) in [6, 6.07) is 13.4. The molecule has 76 valence electrons. The first-order valence-corrected chi connectivity index (χ1v) is 4.93. The van der Waals surface area contributed by atoms with Gasteiger partial charge in [0.05, 0.1) is 5.69 Å². The zero-order valence-electron chi connectivity index (χ0n) is 8.59. The van der Waals surface area contributed by atoms with Crippen LogP contribution in [0.15, 0.2) is 48.7 Å². The van der Waals surface area contributed by atoms with Crippen LogP contribution in [0.4, 0.5) is 0 Å². The molecule has 1 aromatic carbocycles. The topological polar surface area (TPSA) is 33.1 Å². The van der Waals surface area contributed by atoms with Gasteiger partial charge in [0.15, 0.2) is 0 Å². The van der Waals surface area contributed by atoms with Crippen LogP contribution < -0.4 is 0 Å². The average molecular weight is 199 g/mol. The molecule has 2 heteroatoms. The number of aliphatic hydroxyl groups is 1. The Balaban J connectivity index is 2.37. The largest absolute Gasteiger partial charge is 0.382 e. The van der Waals surface area contributed by atoms with E-state index in [0.717, 1.165) is 11.1 Å². The third kappa shape index (κ3) is 2.05. The molecule has 0 aliphatic heterocycles. The van der Waals surface area contributed by atoms with Gasteiger partial charge in [0.1, 0.15) is 6.10 Å². The lowest BCUT2D eigenvalue weighted by atomic mass is 10.0. The van der Waals surface area contributed by atoms with Gasteiger partial charge in [-0.15, -0.1) is 0 Å². The smallest absolute Gasteiger partial charge is 0.121 e. The van der Waals surface area contributed by atoms with E-state index in [1.165, 1.54) is 0 Å². The van der Waals surface area contributed by atoms with E-state index < -0.39 is 6.10 Å². The van der Waals surface area contributed by atoms with Crippen LogP contribution in [0.25, 0.3) is 0 Å². The Morgan fingerprint density at radius 3 is 2.47 bits per heavy atom. The number of aromatic nitrogens is 1. The quantitative estimate of drug-likeness (QED) is 0.806. The number of hydrogen-bond acceptors (Lipinski definition) is 2. The summed E-state index contributed by atoms with van der Waals surface area (Å²) in [7, 11) is 0. The Bertz CT molecular complexity index is 439. The first-order valence-electron chi connectivity index (χ1n) is 4.93. The minimum absolute atomic E-state index is 0.632. The fraction of sp³-hybridized carbons (Fsp3) is 0.154. The highest BCUT2D eigenvalue weighted by Gasteiger charge is 2.12. The van der Waals surface area contributed by atoms with Gasteiger partial charge in [-0.25, -0.2) is 0 Å². The maximum Gasteiger partial charge on any atom is 0.121 e. The second-order valence-electron chi connectivity index (χ2n) is 3.51. The van der Waals surface area contributed by atoms with Crippen LogP contribution in [0.5, 0.6) is 0 Å². The summed E-state index contributed by atoms with van der Waals surface area (Å²) in [5.74, 6) is 0. The zero-order chi connectivity index (χ0) is 10.7. The van der Waals surface area contributed by atoms with E-state index in [2.05, 4.69) is 4.98 Å². The molecule has 1 N–H and O–H groups in total. The Morgan fingerprint density at radius 1 is 1.07 bits per heavy atom. The van der Waals surface area contributed by atoms with Crippen molar-refractivity contribution in [2.24, 2.45) is 0 Å². The summed E-state index contributed by atoms with van der Waals surface area (Å²) in [6.07, 6.45) is 1.06. The number of hydrogen-bond donors (Lipinski definition) is 1. The standard InChI is InChI=1S/C13H13NO/c1-10-6-2-3-7-11(10)13(15)12-8-4-5-9-14-12/h2-9,13,15H,1H3/t13-/m0/s1. The minimum Gasteiger partial charge on any atom is -0.382 e. The molecule has 0 saturated carbocycles. The van der Waals surface area contributed by atoms with Gasteiger partial charge in [0.2, 0.25) is 0 Å². The normalized spacial score (nSPS) is 12.4. The van der Waals surface area contributed by atoms with Crippen LogP contribution in [0.2, 0.25) is 0 Å². The predicted molar refractivity (Wildman–Crippen MR) is 59.5 cm³/mol. The molecule has 0 saturated heterocycles. The lowest BCUT2D eigenvalue weighted by Gasteiger charge is -2.12. The maximum absolute atomic E-state index is 10.1. The number of benzene rings is 1. The summed E-state index contributed by atoms with van der Waals surface area (Å²) in [4.78, 5) is 4.15. The van der Waals surface area contributed by atoms with E-state index in [9.17, 15) is 5.11 Å². The Hall–Kier alpha value is -1.67. The fourth-order valence-corrected chi connectivity index (χ4v) is 1.59. The predicted octanol–water partition coefficient (Wildman–Crippen LogP) is 2.47. The van der Waals surface area contributed by atoms with Crippen molar-refractivity contribution >= 4 is 0 Å². The average Bonchev–Trinajstić information content (AvgIpc) is 2.30. The molecule has 15 heavy (non-hydrogen) atoms. The molecule has 0 amide bonds. The maximum atomic E-state index is 10.1. The molecule has 2 nitrogen and oxygen atoms in total. The number of aryl methyl sites for hydroxylation is 1. The zero-order valence-corrected chi connectivity index (χ0v) is 8.59. The lowest BCUT2D eigenvalue weighted by Crippen LogP contribution is -2.03. The van der Waals surface area contributed by atoms with Crippen molar-refractivity contribution in [3.8, 4) is 0 Å². The van der Waals surface area contributed by atoms with Crippen molar-refractivity contribution in [1.82, 2.24) is 4.98 Å². The van der Waals surface area contributed by atoms with Gasteiger partial charge in [-0.2, -0.15) is 0 Å². The molecular formula is C13H13NO. The Labute approximate surface area is 89.2 Å².